The molecule has 3 aliphatic heterocycles. The summed E-state index contributed by atoms with van der Waals surface area (Å²) in [4.78, 5) is 12.9. The summed E-state index contributed by atoms with van der Waals surface area (Å²) in [7, 11) is -3.75. The number of carbonyl (C=O) groups is 1. The molecule has 4 rings (SSSR count). The number of rotatable bonds is 5. The molecule has 0 unspecified atom stereocenters. The van der Waals surface area contributed by atoms with Gasteiger partial charge >= 0.3 is 5.97 Å². The minimum absolute atomic E-state index is 0.169. The number of ether oxygens (including phenoxy) is 3. The second kappa shape index (κ2) is 6.67. The topological polar surface area (TPSA) is 82.1 Å². The van der Waals surface area contributed by atoms with E-state index in [0.717, 1.165) is 6.42 Å². The quantitative estimate of drug-likeness (QED) is 0.712. The molecule has 2 bridgehead atoms. The van der Waals surface area contributed by atoms with Crippen molar-refractivity contribution in [3.63, 3.8) is 0 Å². The Kier molecular flexibility index (Phi) is 4.58. The van der Waals surface area contributed by atoms with Crippen LogP contribution in [0.1, 0.15) is 39.5 Å². The van der Waals surface area contributed by atoms with E-state index < -0.39 is 15.4 Å². The average Bonchev–Trinajstić information content (AvgIpc) is 3.25. The van der Waals surface area contributed by atoms with E-state index in [9.17, 15) is 13.2 Å². The number of carbonyl (C=O) groups excluding carboxylic acids is 1. The van der Waals surface area contributed by atoms with Crippen LogP contribution in [-0.2, 0) is 19.6 Å². The molecule has 0 amide bonds. The molecule has 27 heavy (non-hydrogen) atoms. The first kappa shape index (κ1) is 18.6. The van der Waals surface area contributed by atoms with Crippen LogP contribution in [0.2, 0.25) is 0 Å². The lowest BCUT2D eigenvalue weighted by Crippen LogP contribution is -2.45. The number of nitrogens with zero attached hydrogens (tertiary/aromatic N) is 1. The Balaban J connectivity index is 1.70. The molecule has 8 heteroatoms. The van der Waals surface area contributed by atoms with Crippen LogP contribution in [0.25, 0.3) is 0 Å². The Bertz CT molecular complexity index is 854. The molecule has 0 radical (unpaired) electrons. The Morgan fingerprint density at radius 2 is 1.96 bits per heavy atom. The fourth-order valence-corrected chi connectivity index (χ4v) is 6.77. The first-order valence-electron chi connectivity index (χ1n) is 9.54. The van der Waals surface area contributed by atoms with Gasteiger partial charge in [-0.3, -0.25) is 4.79 Å². The predicted octanol–water partition coefficient (Wildman–Crippen LogP) is 2.34. The number of fused-ring (bicyclic) bond motifs is 3. The van der Waals surface area contributed by atoms with Crippen molar-refractivity contribution in [2.45, 2.75) is 56.5 Å². The third-order valence-electron chi connectivity index (χ3n) is 6.08. The number of esters is 1. The van der Waals surface area contributed by atoms with E-state index in [4.69, 9.17) is 14.2 Å². The van der Waals surface area contributed by atoms with Crippen LogP contribution in [0.15, 0.2) is 23.1 Å². The van der Waals surface area contributed by atoms with Gasteiger partial charge in [0.2, 0.25) is 10.0 Å². The largest absolute Gasteiger partial charge is 0.486 e. The maximum atomic E-state index is 13.4. The third kappa shape index (κ3) is 2.72. The van der Waals surface area contributed by atoms with Crippen LogP contribution in [0, 0.1) is 5.41 Å². The van der Waals surface area contributed by atoms with Crippen molar-refractivity contribution in [3.05, 3.63) is 18.2 Å². The molecule has 3 atom stereocenters. The molecular weight excluding hydrogens is 370 g/mol. The first-order chi connectivity index (χ1) is 12.9. The molecule has 2 saturated heterocycles. The molecule has 0 saturated carbocycles. The van der Waals surface area contributed by atoms with Crippen molar-refractivity contribution in [1.82, 2.24) is 4.31 Å². The first-order valence-corrected chi connectivity index (χ1v) is 11.0. The summed E-state index contributed by atoms with van der Waals surface area (Å²) in [6.07, 6.45) is 2.55. The zero-order valence-corrected chi connectivity index (χ0v) is 16.5. The average molecular weight is 395 g/mol. The normalized spacial score (nSPS) is 29.7. The van der Waals surface area contributed by atoms with E-state index >= 15 is 0 Å². The smallest absolute Gasteiger partial charge is 0.313 e. The van der Waals surface area contributed by atoms with Gasteiger partial charge in [0.15, 0.2) is 11.5 Å². The van der Waals surface area contributed by atoms with Gasteiger partial charge in [0.25, 0.3) is 0 Å². The lowest BCUT2D eigenvalue weighted by molar-refractivity contribution is -0.157. The van der Waals surface area contributed by atoms with E-state index in [-0.39, 0.29) is 22.9 Å². The molecule has 0 spiro atoms. The third-order valence-corrected chi connectivity index (χ3v) is 8.04. The lowest BCUT2D eigenvalue weighted by Gasteiger charge is -2.34. The van der Waals surface area contributed by atoms with Gasteiger partial charge in [0, 0.05) is 18.2 Å². The highest BCUT2D eigenvalue weighted by Crippen LogP contribution is 2.54. The molecule has 148 valence electrons. The fraction of sp³-hybridized carbons (Fsp3) is 0.632. The molecule has 0 aromatic heterocycles. The summed E-state index contributed by atoms with van der Waals surface area (Å²) in [5, 5.41) is 0. The number of hydrogen-bond acceptors (Lipinski definition) is 6. The lowest BCUT2D eigenvalue weighted by atomic mass is 9.72. The highest BCUT2D eigenvalue weighted by Gasteiger charge is 2.63. The van der Waals surface area contributed by atoms with Gasteiger partial charge in [-0.25, -0.2) is 8.42 Å². The van der Waals surface area contributed by atoms with Crippen molar-refractivity contribution >= 4 is 16.0 Å². The number of hydrogen-bond donors (Lipinski definition) is 0. The molecule has 1 aromatic rings. The molecule has 0 aliphatic carbocycles. The van der Waals surface area contributed by atoms with Gasteiger partial charge in [-0.2, -0.15) is 4.31 Å². The molecule has 0 N–H and O–H groups in total. The van der Waals surface area contributed by atoms with E-state index in [0.29, 0.717) is 50.6 Å². The van der Waals surface area contributed by atoms with Gasteiger partial charge in [-0.1, -0.05) is 6.92 Å². The van der Waals surface area contributed by atoms with Crippen LogP contribution in [0.5, 0.6) is 11.5 Å². The summed E-state index contributed by atoms with van der Waals surface area (Å²) in [5.41, 5.74) is -0.750. The number of sulfonamides is 1. The Morgan fingerprint density at radius 1 is 1.22 bits per heavy atom. The minimum Gasteiger partial charge on any atom is -0.486 e. The predicted molar refractivity (Wildman–Crippen MR) is 97.2 cm³/mol. The van der Waals surface area contributed by atoms with E-state index in [1.807, 2.05) is 6.92 Å². The molecule has 3 aliphatic rings. The Labute approximate surface area is 159 Å². The standard InChI is InChI=1S/C19H25NO6S/c1-3-19(18(21)24-4-2)12-13-5-8-17(19)20(13)27(22,23)14-6-7-15-16(11-14)26-10-9-25-15/h6-7,11,13,17H,3-5,8-10,12H2,1-2H3/t13-,17+,19+/m0/s1. The van der Waals surface area contributed by atoms with Gasteiger partial charge in [-0.05, 0) is 44.7 Å². The van der Waals surface area contributed by atoms with E-state index in [1.54, 1.807) is 23.4 Å². The second-order valence-corrected chi connectivity index (χ2v) is 9.16. The molecule has 2 fully saturated rings. The van der Waals surface area contributed by atoms with Gasteiger partial charge in [0.1, 0.15) is 13.2 Å². The maximum absolute atomic E-state index is 13.4. The van der Waals surface area contributed by atoms with Crippen molar-refractivity contribution in [1.29, 1.82) is 0 Å². The zero-order valence-electron chi connectivity index (χ0n) is 15.6. The van der Waals surface area contributed by atoms with Crippen LogP contribution in [-0.4, -0.2) is 50.6 Å². The van der Waals surface area contributed by atoms with E-state index in [1.165, 1.54) is 6.07 Å². The van der Waals surface area contributed by atoms with E-state index in [2.05, 4.69) is 0 Å². The van der Waals surface area contributed by atoms with Gasteiger partial charge in [0.05, 0.1) is 16.9 Å². The Hall–Kier alpha value is -1.80. The second-order valence-electron chi connectivity index (χ2n) is 7.32. The Morgan fingerprint density at radius 3 is 2.67 bits per heavy atom. The molecular formula is C19H25NO6S. The zero-order chi connectivity index (χ0) is 19.2. The summed E-state index contributed by atoms with van der Waals surface area (Å²) in [6, 6.07) is 4.19. The van der Waals surface area contributed by atoms with Crippen molar-refractivity contribution < 1.29 is 27.4 Å². The van der Waals surface area contributed by atoms with Crippen LogP contribution >= 0.6 is 0 Å². The summed E-state index contributed by atoms with van der Waals surface area (Å²) >= 11 is 0. The van der Waals surface area contributed by atoms with Crippen molar-refractivity contribution in [2.24, 2.45) is 5.41 Å². The van der Waals surface area contributed by atoms with Crippen LogP contribution in [0.3, 0.4) is 0 Å². The minimum atomic E-state index is -3.75. The summed E-state index contributed by atoms with van der Waals surface area (Å²) in [5.74, 6) is 0.724. The SMILES string of the molecule is CCOC(=O)[C@]1(CC)C[C@@H]2CC[C@H]1N2S(=O)(=O)c1ccc2c(c1)OCCO2. The number of benzene rings is 1. The maximum Gasteiger partial charge on any atom is 0.313 e. The molecule has 1 aromatic carbocycles. The van der Waals surface area contributed by atoms with Crippen LogP contribution in [0.4, 0.5) is 0 Å². The molecule has 3 heterocycles. The van der Waals surface area contributed by atoms with Gasteiger partial charge in [-0.15, -0.1) is 0 Å². The summed E-state index contributed by atoms with van der Waals surface area (Å²) in [6.45, 7) is 4.86. The monoisotopic (exact) mass is 395 g/mol. The molecule has 7 nitrogen and oxygen atoms in total. The fourth-order valence-electron chi connectivity index (χ4n) is 4.82. The van der Waals surface area contributed by atoms with Crippen molar-refractivity contribution in [3.8, 4) is 11.5 Å². The summed E-state index contributed by atoms with van der Waals surface area (Å²) < 4.78 is 44.8. The highest BCUT2D eigenvalue weighted by molar-refractivity contribution is 7.89. The van der Waals surface area contributed by atoms with Crippen LogP contribution < -0.4 is 9.47 Å². The highest BCUT2D eigenvalue weighted by atomic mass is 32.2. The van der Waals surface area contributed by atoms with Gasteiger partial charge < -0.3 is 14.2 Å². The van der Waals surface area contributed by atoms with Crippen molar-refractivity contribution in [2.75, 3.05) is 19.8 Å².